The highest BCUT2D eigenvalue weighted by Gasteiger charge is 2.18. The first-order chi connectivity index (χ1) is 28.0. The van der Waals surface area contributed by atoms with Gasteiger partial charge < -0.3 is 20.3 Å². The fourth-order valence-electron chi connectivity index (χ4n) is 7.57. The highest BCUT2D eigenvalue weighted by atomic mass is 16.5. The van der Waals surface area contributed by atoms with Gasteiger partial charge in [-0.3, -0.25) is 9.59 Å². The predicted octanol–water partition coefficient (Wildman–Crippen LogP) is 14.7. The van der Waals surface area contributed by atoms with Crippen molar-refractivity contribution in [2.45, 2.75) is 276 Å². The summed E-state index contributed by atoms with van der Waals surface area (Å²) >= 11 is 0. The Labute approximate surface area is 354 Å². The first-order valence-electron chi connectivity index (χ1n) is 25.1. The first kappa shape index (κ1) is 55.3. The molecule has 0 bridgehead atoms. The summed E-state index contributed by atoms with van der Waals surface area (Å²) in [5, 5.41) is 23.0. The summed E-state index contributed by atoms with van der Waals surface area (Å²) in [5.41, 5.74) is 0. The van der Waals surface area contributed by atoms with Crippen LogP contribution in [0.5, 0.6) is 0 Å². The Bertz CT molecular complexity index is 889. The van der Waals surface area contributed by atoms with Gasteiger partial charge in [0.15, 0.2) is 0 Å². The van der Waals surface area contributed by atoms with Crippen molar-refractivity contribution in [3.63, 3.8) is 0 Å². The number of esters is 1. The van der Waals surface area contributed by atoms with Gasteiger partial charge in [0.1, 0.15) is 0 Å². The Kier molecular flexibility index (Phi) is 45.7. The monoisotopic (exact) mass is 804 g/mol. The van der Waals surface area contributed by atoms with E-state index in [0.717, 1.165) is 77.0 Å². The number of hydrogen-bond acceptors (Lipinski definition) is 5. The maximum atomic E-state index is 12.4. The van der Waals surface area contributed by atoms with Gasteiger partial charge in [-0.1, -0.05) is 218 Å². The fourth-order valence-corrected chi connectivity index (χ4v) is 7.57. The molecule has 0 aliphatic carbocycles. The van der Waals surface area contributed by atoms with Gasteiger partial charge in [0.25, 0.3) is 0 Å². The van der Waals surface area contributed by atoms with Gasteiger partial charge in [-0.15, -0.1) is 0 Å². The van der Waals surface area contributed by atoms with E-state index in [2.05, 4.69) is 31.3 Å². The van der Waals surface area contributed by atoms with E-state index >= 15 is 0 Å². The van der Waals surface area contributed by atoms with E-state index in [1.807, 2.05) is 6.08 Å². The van der Waals surface area contributed by atoms with E-state index in [1.165, 1.54) is 161 Å². The summed E-state index contributed by atoms with van der Waals surface area (Å²) in [6, 6.07) is -0.651. The number of ether oxygens (including phenoxy) is 1. The number of aliphatic hydroxyl groups excluding tert-OH is 2. The van der Waals surface area contributed by atoms with Gasteiger partial charge in [-0.25, -0.2) is 0 Å². The maximum absolute atomic E-state index is 12.4. The molecule has 0 aromatic rings. The van der Waals surface area contributed by atoms with Crippen LogP contribution in [0.25, 0.3) is 0 Å². The van der Waals surface area contributed by atoms with E-state index in [-0.39, 0.29) is 18.5 Å². The number of unbranched alkanes of at least 4 members (excludes halogenated alkanes) is 33. The number of nitrogens with one attached hydrogen (secondary N) is 1. The third-order valence-electron chi connectivity index (χ3n) is 11.5. The quantitative estimate of drug-likeness (QED) is 0.0324. The zero-order valence-electron chi connectivity index (χ0n) is 38.1. The lowest BCUT2D eigenvalue weighted by Crippen LogP contribution is -2.45. The predicted molar refractivity (Wildman–Crippen MR) is 246 cm³/mol. The molecular weight excluding hydrogens is 707 g/mol. The summed E-state index contributed by atoms with van der Waals surface area (Å²) in [7, 11) is 0. The molecule has 0 fully saturated rings. The zero-order valence-corrected chi connectivity index (χ0v) is 38.1. The SMILES string of the molecule is CCCCCCCCCCCCC/C=C/C(O)C(CO)NC(=O)CCCCCC/C=C\CCCCOC(=O)CCCCCCCCCCCCCCCCCCC. The summed E-state index contributed by atoms with van der Waals surface area (Å²) in [6.45, 7) is 4.81. The second-order valence-electron chi connectivity index (χ2n) is 17.1. The molecule has 0 radical (unpaired) electrons. The van der Waals surface area contributed by atoms with Crippen molar-refractivity contribution in [3.8, 4) is 0 Å². The molecule has 0 aromatic heterocycles. The maximum Gasteiger partial charge on any atom is 0.305 e. The molecule has 1 amide bonds. The lowest BCUT2D eigenvalue weighted by Gasteiger charge is -2.20. The molecule has 57 heavy (non-hydrogen) atoms. The molecule has 0 aliphatic rings. The number of aliphatic hydroxyl groups is 2. The molecule has 336 valence electrons. The molecule has 0 aliphatic heterocycles. The number of allylic oxidation sites excluding steroid dienone is 3. The first-order valence-corrected chi connectivity index (χ1v) is 25.1. The van der Waals surface area contributed by atoms with Crippen LogP contribution in [-0.2, 0) is 14.3 Å². The van der Waals surface area contributed by atoms with Gasteiger partial charge in [0.2, 0.25) is 5.91 Å². The average Bonchev–Trinajstić information content (AvgIpc) is 3.21. The molecule has 6 heteroatoms. The topological polar surface area (TPSA) is 95.9 Å². The van der Waals surface area contributed by atoms with Gasteiger partial charge in [-0.2, -0.15) is 0 Å². The smallest absolute Gasteiger partial charge is 0.305 e. The van der Waals surface area contributed by atoms with Crippen molar-refractivity contribution in [2.75, 3.05) is 13.2 Å². The van der Waals surface area contributed by atoms with Crippen LogP contribution in [0, 0.1) is 0 Å². The normalized spacial score (nSPS) is 12.8. The van der Waals surface area contributed by atoms with Crippen LogP contribution in [0.4, 0.5) is 0 Å². The zero-order chi connectivity index (χ0) is 41.5. The van der Waals surface area contributed by atoms with Crippen molar-refractivity contribution in [2.24, 2.45) is 0 Å². The number of carbonyl (C=O) groups excluding carboxylic acids is 2. The molecule has 0 heterocycles. The molecular formula is C51H97NO5. The molecule has 0 saturated carbocycles. The molecule has 0 aromatic carbocycles. The van der Waals surface area contributed by atoms with Crippen LogP contribution in [-0.4, -0.2) is 47.4 Å². The standard InChI is InChI=1S/C51H97NO5/c1-3-5-7-9-11-13-15-17-18-19-20-22-24-29-33-37-41-45-51(56)57-46-42-38-34-30-26-25-28-32-36-40-44-50(55)52-48(47-53)49(54)43-39-35-31-27-23-21-16-14-12-10-8-6-4-2/h26,30,39,43,48-49,53-54H,3-25,27-29,31-38,40-42,44-47H2,1-2H3,(H,52,55)/b30-26-,43-39+. The number of rotatable bonds is 46. The van der Waals surface area contributed by atoms with Crippen molar-refractivity contribution >= 4 is 11.9 Å². The summed E-state index contributed by atoms with van der Waals surface area (Å²) < 4.78 is 5.44. The van der Waals surface area contributed by atoms with Crippen LogP contribution in [0.1, 0.15) is 264 Å². The summed E-state index contributed by atoms with van der Waals surface area (Å²) in [4.78, 5) is 24.4. The number of hydrogen-bond donors (Lipinski definition) is 3. The molecule has 0 saturated heterocycles. The van der Waals surface area contributed by atoms with Gasteiger partial charge >= 0.3 is 5.97 Å². The largest absolute Gasteiger partial charge is 0.466 e. The van der Waals surface area contributed by atoms with E-state index in [9.17, 15) is 19.8 Å². The van der Waals surface area contributed by atoms with Gasteiger partial charge in [-0.05, 0) is 57.8 Å². The van der Waals surface area contributed by atoms with E-state index in [4.69, 9.17) is 4.74 Å². The third-order valence-corrected chi connectivity index (χ3v) is 11.5. The van der Waals surface area contributed by atoms with Crippen LogP contribution >= 0.6 is 0 Å². The van der Waals surface area contributed by atoms with E-state index < -0.39 is 12.1 Å². The Morgan fingerprint density at radius 1 is 0.474 bits per heavy atom. The van der Waals surface area contributed by atoms with Crippen molar-refractivity contribution in [1.29, 1.82) is 0 Å². The van der Waals surface area contributed by atoms with E-state index in [1.54, 1.807) is 6.08 Å². The lowest BCUT2D eigenvalue weighted by atomic mass is 10.0. The Hall–Kier alpha value is -1.66. The summed E-state index contributed by atoms with van der Waals surface area (Å²) in [6.07, 6.45) is 54.6. The Morgan fingerprint density at radius 2 is 0.825 bits per heavy atom. The molecule has 6 nitrogen and oxygen atoms in total. The lowest BCUT2D eigenvalue weighted by molar-refractivity contribution is -0.143. The molecule has 0 spiro atoms. The second-order valence-corrected chi connectivity index (χ2v) is 17.1. The minimum Gasteiger partial charge on any atom is -0.466 e. The van der Waals surface area contributed by atoms with Crippen LogP contribution in [0.2, 0.25) is 0 Å². The van der Waals surface area contributed by atoms with Crippen LogP contribution < -0.4 is 5.32 Å². The van der Waals surface area contributed by atoms with Crippen LogP contribution in [0.15, 0.2) is 24.3 Å². The van der Waals surface area contributed by atoms with Gasteiger partial charge in [0, 0.05) is 12.8 Å². The van der Waals surface area contributed by atoms with E-state index in [0.29, 0.717) is 19.4 Å². The fraction of sp³-hybridized carbons (Fsp3) is 0.882. The summed E-state index contributed by atoms with van der Waals surface area (Å²) in [5.74, 6) is -0.139. The highest BCUT2D eigenvalue weighted by Crippen LogP contribution is 2.16. The number of amides is 1. The van der Waals surface area contributed by atoms with Crippen molar-refractivity contribution in [3.05, 3.63) is 24.3 Å². The highest BCUT2D eigenvalue weighted by molar-refractivity contribution is 5.76. The van der Waals surface area contributed by atoms with Crippen molar-refractivity contribution in [1.82, 2.24) is 5.32 Å². The van der Waals surface area contributed by atoms with Crippen molar-refractivity contribution < 1.29 is 24.5 Å². The minimum atomic E-state index is -0.864. The molecule has 2 atom stereocenters. The van der Waals surface area contributed by atoms with Crippen LogP contribution in [0.3, 0.4) is 0 Å². The minimum absolute atomic E-state index is 0.0350. The number of carbonyl (C=O) groups is 2. The second kappa shape index (κ2) is 47.0. The molecule has 2 unspecified atom stereocenters. The average molecular weight is 804 g/mol. The molecule has 3 N–H and O–H groups in total. The molecule has 0 rings (SSSR count). The Morgan fingerprint density at radius 3 is 1.25 bits per heavy atom. The van der Waals surface area contributed by atoms with Gasteiger partial charge in [0.05, 0.1) is 25.4 Å². The third kappa shape index (κ3) is 43.7. The Balaban J connectivity index is 3.53.